The van der Waals surface area contributed by atoms with Crippen LogP contribution in [0, 0.1) is 0 Å². The lowest BCUT2D eigenvalue weighted by Crippen LogP contribution is -2.46. The second-order valence-electron chi connectivity index (χ2n) is 7.63. The predicted molar refractivity (Wildman–Crippen MR) is 112 cm³/mol. The zero-order valence-corrected chi connectivity index (χ0v) is 18.4. The number of ether oxygens (including phenoxy) is 1. The number of carbonyl (C=O) groups excluding carboxylic acids is 2. The van der Waals surface area contributed by atoms with Crippen LogP contribution in [0.15, 0.2) is 53.4 Å². The van der Waals surface area contributed by atoms with E-state index in [1.807, 2.05) is 51.1 Å². The minimum Gasteiger partial charge on any atom is -0.452 e. The molecule has 0 saturated carbocycles. The van der Waals surface area contributed by atoms with Crippen molar-refractivity contribution in [3.8, 4) is 0 Å². The van der Waals surface area contributed by atoms with Crippen LogP contribution in [-0.2, 0) is 25.9 Å². The second kappa shape index (κ2) is 8.97. The van der Waals surface area contributed by atoms with Crippen molar-refractivity contribution >= 4 is 33.3 Å². The van der Waals surface area contributed by atoms with Gasteiger partial charge in [0.2, 0.25) is 0 Å². The molecule has 2 aromatic carbocycles. The van der Waals surface area contributed by atoms with Gasteiger partial charge < -0.3 is 9.64 Å². The van der Waals surface area contributed by atoms with Gasteiger partial charge in [-0.3, -0.25) is 4.79 Å². The van der Waals surface area contributed by atoms with Crippen molar-refractivity contribution in [2.45, 2.75) is 37.8 Å². The van der Waals surface area contributed by atoms with Gasteiger partial charge >= 0.3 is 5.97 Å². The van der Waals surface area contributed by atoms with Gasteiger partial charge in [-0.05, 0) is 44.5 Å². The highest BCUT2D eigenvalue weighted by molar-refractivity contribution is 7.90. The minimum atomic E-state index is -3.52. The number of benzene rings is 2. The summed E-state index contributed by atoms with van der Waals surface area (Å²) in [6.07, 6.45) is 1.03. The average Bonchev–Trinajstić information content (AvgIpc) is 2.63. The largest absolute Gasteiger partial charge is 0.452 e. The third-order valence-corrected chi connectivity index (χ3v) is 5.65. The van der Waals surface area contributed by atoms with E-state index in [1.54, 1.807) is 4.90 Å². The molecule has 156 valence electrons. The molecule has 0 N–H and O–H groups in total. The van der Waals surface area contributed by atoms with Crippen LogP contribution in [0.1, 0.15) is 36.7 Å². The topological polar surface area (TPSA) is 80.8 Å². The van der Waals surface area contributed by atoms with Crippen LogP contribution in [0.4, 0.5) is 0 Å². The Hall–Kier alpha value is -2.38. The maximum atomic E-state index is 12.8. The van der Waals surface area contributed by atoms with Crippen molar-refractivity contribution in [1.29, 1.82) is 0 Å². The molecule has 2 rings (SSSR count). The monoisotopic (exact) mass is 437 g/mol. The Balaban J connectivity index is 2.14. The first kappa shape index (κ1) is 22.9. The molecule has 0 aliphatic carbocycles. The zero-order valence-electron chi connectivity index (χ0n) is 16.8. The van der Waals surface area contributed by atoms with Gasteiger partial charge in [-0.15, -0.1) is 0 Å². The van der Waals surface area contributed by atoms with Crippen LogP contribution in [-0.4, -0.2) is 43.6 Å². The van der Waals surface area contributed by atoms with Crippen molar-refractivity contribution in [3.05, 3.63) is 64.7 Å². The van der Waals surface area contributed by atoms with Crippen LogP contribution in [0.25, 0.3) is 0 Å². The molecule has 0 aromatic heterocycles. The summed E-state index contributed by atoms with van der Waals surface area (Å²) < 4.78 is 28.5. The van der Waals surface area contributed by atoms with Gasteiger partial charge in [-0.1, -0.05) is 41.9 Å². The molecule has 6 nitrogen and oxygen atoms in total. The molecule has 0 spiro atoms. The summed E-state index contributed by atoms with van der Waals surface area (Å²) >= 11 is 6.01. The first-order valence-corrected chi connectivity index (χ1v) is 11.2. The van der Waals surface area contributed by atoms with E-state index < -0.39 is 28.0 Å². The maximum Gasteiger partial charge on any atom is 0.340 e. The molecular weight excluding hydrogens is 414 g/mol. The molecule has 0 aliphatic rings. The lowest BCUT2D eigenvalue weighted by Gasteiger charge is -2.35. The van der Waals surface area contributed by atoms with E-state index in [1.165, 1.54) is 12.1 Å². The van der Waals surface area contributed by atoms with Gasteiger partial charge in [0, 0.05) is 18.3 Å². The van der Waals surface area contributed by atoms with E-state index in [0.717, 1.165) is 17.9 Å². The highest BCUT2D eigenvalue weighted by atomic mass is 35.5. The van der Waals surface area contributed by atoms with Crippen LogP contribution < -0.4 is 0 Å². The molecule has 0 atom stereocenters. The number of hydrogen-bond acceptors (Lipinski definition) is 5. The van der Waals surface area contributed by atoms with Crippen molar-refractivity contribution < 1.29 is 22.7 Å². The van der Waals surface area contributed by atoms with Gasteiger partial charge in [-0.25, -0.2) is 13.2 Å². The van der Waals surface area contributed by atoms with Crippen molar-refractivity contribution in [3.63, 3.8) is 0 Å². The normalized spacial score (nSPS) is 11.8. The number of amides is 1. The molecule has 2 aromatic rings. The Morgan fingerprint density at radius 1 is 1.07 bits per heavy atom. The highest BCUT2D eigenvalue weighted by Gasteiger charge is 2.28. The summed E-state index contributed by atoms with van der Waals surface area (Å²) in [4.78, 5) is 26.7. The zero-order chi connectivity index (χ0) is 21.8. The smallest absolute Gasteiger partial charge is 0.340 e. The Morgan fingerprint density at radius 2 is 1.69 bits per heavy atom. The number of carbonyl (C=O) groups is 2. The molecule has 0 aliphatic heterocycles. The number of sulfone groups is 1. The summed E-state index contributed by atoms with van der Waals surface area (Å²) in [5.41, 5.74) is 0.353. The predicted octanol–water partition coefficient (Wildman–Crippen LogP) is 3.73. The van der Waals surface area contributed by atoms with Crippen molar-refractivity contribution in [2.75, 3.05) is 12.9 Å². The second-order valence-corrected chi connectivity index (χ2v) is 10.0. The van der Waals surface area contributed by atoms with Gasteiger partial charge in [-0.2, -0.15) is 0 Å². The molecule has 1 amide bonds. The summed E-state index contributed by atoms with van der Waals surface area (Å²) in [6, 6.07) is 13.3. The molecule has 0 radical (unpaired) electrons. The highest BCUT2D eigenvalue weighted by Crippen LogP contribution is 2.22. The fraction of sp³-hybridized carbons (Fsp3) is 0.333. The summed E-state index contributed by atoms with van der Waals surface area (Å²) in [6.45, 7) is 5.56. The van der Waals surface area contributed by atoms with Gasteiger partial charge in [0.15, 0.2) is 16.4 Å². The van der Waals surface area contributed by atoms with E-state index >= 15 is 0 Å². The Labute approximate surface area is 176 Å². The molecule has 8 heteroatoms. The van der Waals surface area contributed by atoms with Crippen LogP contribution in [0.5, 0.6) is 0 Å². The fourth-order valence-corrected chi connectivity index (χ4v) is 3.48. The van der Waals surface area contributed by atoms with E-state index in [4.69, 9.17) is 16.3 Å². The molecule has 0 saturated heterocycles. The molecule has 0 heterocycles. The number of rotatable bonds is 6. The van der Waals surface area contributed by atoms with Crippen LogP contribution in [0.3, 0.4) is 0 Å². The van der Waals surface area contributed by atoms with Gasteiger partial charge in [0.25, 0.3) is 5.91 Å². The average molecular weight is 438 g/mol. The SMILES string of the molecule is CC(C)(C)N(Cc1ccccc1)C(=O)COC(=O)c1cc(S(C)(=O)=O)ccc1Cl. The van der Waals surface area contributed by atoms with Gasteiger partial charge in [0.1, 0.15) is 0 Å². The minimum absolute atomic E-state index is 0.0480. The van der Waals surface area contributed by atoms with E-state index in [9.17, 15) is 18.0 Å². The quantitative estimate of drug-likeness (QED) is 0.643. The summed E-state index contributed by atoms with van der Waals surface area (Å²) in [5, 5.41) is 0.0480. The standard InChI is InChI=1S/C21H24ClNO5S/c1-21(2,3)23(13-15-8-6-5-7-9-15)19(24)14-28-20(25)17-12-16(29(4,26)27)10-11-18(17)22/h5-12H,13-14H2,1-4H3. The van der Waals surface area contributed by atoms with Gasteiger partial charge in [0.05, 0.1) is 15.5 Å². The van der Waals surface area contributed by atoms with Crippen molar-refractivity contribution in [2.24, 2.45) is 0 Å². The molecule has 29 heavy (non-hydrogen) atoms. The first-order valence-electron chi connectivity index (χ1n) is 8.91. The molecule has 0 fully saturated rings. The third kappa shape index (κ3) is 6.30. The van der Waals surface area contributed by atoms with Crippen molar-refractivity contribution in [1.82, 2.24) is 4.90 Å². The third-order valence-electron chi connectivity index (χ3n) is 4.21. The number of nitrogens with zero attached hydrogens (tertiary/aromatic N) is 1. The number of halogens is 1. The lowest BCUT2D eigenvalue weighted by atomic mass is 10.0. The molecule has 0 bridgehead atoms. The van der Waals surface area contributed by atoms with E-state index in [2.05, 4.69) is 0 Å². The number of hydrogen-bond donors (Lipinski definition) is 0. The van der Waals surface area contributed by atoms with E-state index in [0.29, 0.717) is 6.54 Å². The summed E-state index contributed by atoms with van der Waals surface area (Å²) in [5.74, 6) is -1.23. The maximum absolute atomic E-state index is 12.8. The fourth-order valence-electron chi connectivity index (χ4n) is 2.64. The lowest BCUT2D eigenvalue weighted by molar-refractivity contribution is -0.140. The number of esters is 1. The first-order chi connectivity index (χ1) is 13.4. The van der Waals surface area contributed by atoms with E-state index in [-0.39, 0.29) is 21.4 Å². The van der Waals surface area contributed by atoms with Crippen LogP contribution in [0.2, 0.25) is 5.02 Å². The van der Waals surface area contributed by atoms with Crippen LogP contribution >= 0.6 is 11.6 Å². The molecular formula is C21H24ClNO5S. The Morgan fingerprint density at radius 3 is 2.24 bits per heavy atom. The molecule has 0 unspecified atom stereocenters. The summed E-state index contributed by atoms with van der Waals surface area (Å²) in [7, 11) is -3.52. The Kier molecular flexibility index (Phi) is 7.08. The Bertz CT molecular complexity index is 997.